The van der Waals surface area contributed by atoms with E-state index in [1.807, 2.05) is 18.7 Å². The van der Waals surface area contributed by atoms with Crippen LogP contribution in [0.25, 0.3) is 0 Å². The van der Waals surface area contributed by atoms with Crippen molar-refractivity contribution < 1.29 is 9.90 Å². The summed E-state index contributed by atoms with van der Waals surface area (Å²) in [5, 5.41) is 9.01. The quantitative estimate of drug-likeness (QED) is 0.723. The molecule has 0 aromatic rings. The van der Waals surface area contributed by atoms with Crippen LogP contribution in [0.5, 0.6) is 0 Å². The Labute approximate surface area is 79.7 Å². The molecule has 0 aliphatic carbocycles. The summed E-state index contributed by atoms with van der Waals surface area (Å²) in [5.74, 6) is -0.501. The number of hydrogen-bond acceptors (Lipinski definition) is 2. The zero-order valence-corrected chi connectivity index (χ0v) is 8.87. The molecule has 0 bridgehead atoms. The Morgan fingerprint density at radius 1 is 1.38 bits per heavy atom. The van der Waals surface area contributed by atoms with Crippen molar-refractivity contribution in [3.8, 4) is 0 Å². The van der Waals surface area contributed by atoms with Gasteiger partial charge in [-0.3, -0.25) is 9.69 Å². The molecule has 3 nitrogen and oxygen atoms in total. The molecule has 0 radical (unpaired) electrons. The molecular formula is C10H19NO2. The lowest BCUT2D eigenvalue weighted by Gasteiger charge is -2.49. The molecule has 1 atom stereocenters. The minimum atomic E-state index is -0.689. The maximum absolute atomic E-state index is 10.9. The van der Waals surface area contributed by atoms with E-state index in [4.69, 9.17) is 5.11 Å². The molecule has 1 heterocycles. The second kappa shape index (κ2) is 3.29. The second-order valence-corrected chi connectivity index (χ2v) is 5.10. The molecule has 0 aromatic carbocycles. The van der Waals surface area contributed by atoms with Crippen molar-refractivity contribution in [2.75, 3.05) is 13.1 Å². The van der Waals surface area contributed by atoms with E-state index in [0.29, 0.717) is 5.41 Å². The van der Waals surface area contributed by atoms with Crippen molar-refractivity contribution in [3.63, 3.8) is 0 Å². The number of likely N-dealkylation sites (tertiary alicyclic amines) is 1. The average molecular weight is 185 g/mol. The minimum Gasteiger partial charge on any atom is -0.480 e. The lowest BCUT2D eigenvalue weighted by molar-refractivity contribution is -0.150. The molecule has 13 heavy (non-hydrogen) atoms. The highest BCUT2D eigenvalue weighted by Crippen LogP contribution is 2.32. The summed E-state index contributed by atoms with van der Waals surface area (Å²) < 4.78 is 0. The van der Waals surface area contributed by atoms with Crippen LogP contribution in [0.1, 0.15) is 27.7 Å². The molecule has 0 spiro atoms. The number of hydrogen-bond donors (Lipinski definition) is 1. The van der Waals surface area contributed by atoms with Crippen LogP contribution in [0.15, 0.2) is 0 Å². The monoisotopic (exact) mass is 185 g/mol. The molecule has 1 rings (SSSR count). The van der Waals surface area contributed by atoms with E-state index < -0.39 is 5.97 Å². The average Bonchev–Trinajstić information content (AvgIpc) is 1.80. The van der Waals surface area contributed by atoms with Crippen LogP contribution in [0, 0.1) is 11.3 Å². The van der Waals surface area contributed by atoms with Crippen molar-refractivity contribution in [3.05, 3.63) is 0 Å². The summed E-state index contributed by atoms with van der Waals surface area (Å²) in [6, 6.07) is -0.298. The van der Waals surface area contributed by atoms with Crippen LogP contribution in [0.4, 0.5) is 0 Å². The molecule has 3 heteroatoms. The van der Waals surface area contributed by atoms with Crippen molar-refractivity contribution in [2.24, 2.45) is 11.3 Å². The van der Waals surface area contributed by atoms with Crippen molar-refractivity contribution in [2.45, 2.75) is 33.7 Å². The molecule has 1 aliphatic heterocycles. The van der Waals surface area contributed by atoms with Gasteiger partial charge in [0.2, 0.25) is 0 Å². The molecule has 1 N–H and O–H groups in total. The van der Waals surface area contributed by atoms with E-state index >= 15 is 0 Å². The van der Waals surface area contributed by atoms with Gasteiger partial charge in [0.1, 0.15) is 6.04 Å². The molecule has 0 saturated carbocycles. The van der Waals surface area contributed by atoms with Gasteiger partial charge in [0.05, 0.1) is 0 Å². The van der Waals surface area contributed by atoms with Gasteiger partial charge in [-0.2, -0.15) is 0 Å². The zero-order chi connectivity index (χ0) is 10.2. The largest absolute Gasteiger partial charge is 0.480 e. The first-order valence-corrected chi connectivity index (χ1v) is 4.80. The fourth-order valence-corrected chi connectivity index (χ4v) is 2.11. The Hall–Kier alpha value is -0.570. The number of nitrogens with zero attached hydrogens (tertiary/aromatic N) is 1. The van der Waals surface area contributed by atoms with E-state index in [-0.39, 0.29) is 12.0 Å². The maximum Gasteiger partial charge on any atom is 0.321 e. The van der Waals surface area contributed by atoms with E-state index in [1.54, 1.807) is 0 Å². The summed E-state index contributed by atoms with van der Waals surface area (Å²) in [5.41, 5.74) is 0.308. The van der Waals surface area contributed by atoms with Gasteiger partial charge in [0.15, 0.2) is 0 Å². The predicted octanol–water partition coefficient (Wildman–Crippen LogP) is 1.44. The van der Waals surface area contributed by atoms with Crippen LogP contribution >= 0.6 is 0 Å². The Morgan fingerprint density at radius 3 is 2.08 bits per heavy atom. The van der Waals surface area contributed by atoms with Gasteiger partial charge in [0.25, 0.3) is 0 Å². The summed E-state index contributed by atoms with van der Waals surface area (Å²) in [6.07, 6.45) is 0. The number of carboxylic acids is 1. The molecular weight excluding hydrogens is 166 g/mol. The lowest BCUT2D eigenvalue weighted by atomic mass is 9.81. The molecule has 1 unspecified atom stereocenters. The van der Waals surface area contributed by atoms with Crippen molar-refractivity contribution >= 4 is 5.97 Å². The smallest absolute Gasteiger partial charge is 0.321 e. The second-order valence-electron chi connectivity index (χ2n) is 5.10. The Bertz CT molecular complexity index is 203. The fraction of sp³-hybridized carbons (Fsp3) is 0.900. The Morgan fingerprint density at radius 2 is 1.85 bits per heavy atom. The molecule has 0 aromatic heterocycles. The highest BCUT2D eigenvalue weighted by molar-refractivity contribution is 5.74. The van der Waals surface area contributed by atoms with Crippen LogP contribution in [-0.4, -0.2) is 35.1 Å². The first kappa shape index (κ1) is 10.5. The Kier molecular flexibility index (Phi) is 2.66. The fourth-order valence-electron chi connectivity index (χ4n) is 2.11. The standard InChI is InChI=1S/C10H19NO2/c1-7(2)8(9(12)13)11-5-10(3,4)6-11/h7-8H,5-6H2,1-4H3,(H,12,13). The third-order valence-electron chi connectivity index (χ3n) is 2.54. The third-order valence-corrected chi connectivity index (χ3v) is 2.54. The maximum atomic E-state index is 10.9. The Balaban J connectivity index is 2.55. The van der Waals surface area contributed by atoms with Crippen LogP contribution in [0.3, 0.4) is 0 Å². The van der Waals surface area contributed by atoms with Gasteiger partial charge >= 0.3 is 5.97 Å². The van der Waals surface area contributed by atoms with Gasteiger partial charge < -0.3 is 5.11 Å². The van der Waals surface area contributed by atoms with Gasteiger partial charge in [-0.05, 0) is 11.3 Å². The molecule has 1 aliphatic rings. The number of carboxylic acid groups (broad SMARTS) is 1. The number of rotatable bonds is 3. The number of aliphatic carboxylic acids is 1. The van der Waals surface area contributed by atoms with Crippen LogP contribution in [-0.2, 0) is 4.79 Å². The minimum absolute atomic E-state index is 0.189. The summed E-state index contributed by atoms with van der Waals surface area (Å²) in [4.78, 5) is 13.0. The lowest BCUT2D eigenvalue weighted by Crippen LogP contribution is -2.60. The predicted molar refractivity (Wildman–Crippen MR) is 51.6 cm³/mol. The SMILES string of the molecule is CC(C)C(C(=O)O)N1CC(C)(C)C1. The van der Waals surface area contributed by atoms with Gasteiger partial charge in [-0.25, -0.2) is 0 Å². The van der Waals surface area contributed by atoms with Crippen LogP contribution in [0.2, 0.25) is 0 Å². The number of carbonyl (C=O) groups is 1. The van der Waals surface area contributed by atoms with E-state index in [0.717, 1.165) is 13.1 Å². The van der Waals surface area contributed by atoms with E-state index in [9.17, 15) is 4.79 Å². The van der Waals surface area contributed by atoms with Gasteiger partial charge in [-0.15, -0.1) is 0 Å². The topological polar surface area (TPSA) is 40.5 Å². The third kappa shape index (κ3) is 2.21. The molecule has 1 saturated heterocycles. The van der Waals surface area contributed by atoms with E-state index in [1.165, 1.54) is 0 Å². The normalized spacial score (nSPS) is 24.1. The highest BCUT2D eigenvalue weighted by atomic mass is 16.4. The summed E-state index contributed by atoms with van der Waals surface area (Å²) >= 11 is 0. The van der Waals surface area contributed by atoms with Crippen molar-refractivity contribution in [1.29, 1.82) is 0 Å². The van der Waals surface area contributed by atoms with Gasteiger partial charge in [0, 0.05) is 13.1 Å². The zero-order valence-electron chi connectivity index (χ0n) is 8.87. The summed E-state index contributed by atoms with van der Waals surface area (Å²) in [6.45, 7) is 10.1. The van der Waals surface area contributed by atoms with Gasteiger partial charge in [-0.1, -0.05) is 27.7 Å². The molecule has 76 valence electrons. The molecule has 0 amide bonds. The van der Waals surface area contributed by atoms with Crippen molar-refractivity contribution in [1.82, 2.24) is 4.90 Å². The first-order valence-electron chi connectivity index (χ1n) is 4.80. The summed E-state index contributed by atoms with van der Waals surface area (Å²) in [7, 11) is 0. The first-order chi connectivity index (χ1) is 5.83. The highest BCUT2D eigenvalue weighted by Gasteiger charge is 2.41. The molecule has 1 fully saturated rings. The van der Waals surface area contributed by atoms with Crippen LogP contribution < -0.4 is 0 Å². The van der Waals surface area contributed by atoms with E-state index in [2.05, 4.69) is 13.8 Å².